The number of imide groups is 1. The normalized spacial score (nSPS) is 10.5. The number of hydrogen-bond donors (Lipinski definition) is 2. The van der Waals surface area contributed by atoms with E-state index < -0.39 is 24.1 Å². The Hall–Kier alpha value is -3.23. The molecule has 0 saturated heterocycles. The smallest absolute Gasteiger partial charge is 0.326 e. The van der Waals surface area contributed by atoms with Gasteiger partial charge in [0.1, 0.15) is 11.4 Å². The molecular formula is C20H18Cl2N4O4. The molecule has 1 aromatic heterocycles. The lowest BCUT2D eigenvalue weighted by molar-refractivity contribution is -0.121. The molecule has 0 atom stereocenters. The third kappa shape index (κ3) is 4.67. The Balaban J connectivity index is 1.66. The summed E-state index contributed by atoms with van der Waals surface area (Å²) in [7, 11) is 1.70. The second kappa shape index (κ2) is 9.06. The van der Waals surface area contributed by atoms with Gasteiger partial charge in [-0.25, -0.2) is 9.48 Å². The van der Waals surface area contributed by atoms with E-state index in [1.165, 1.54) is 16.8 Å². The Morgan fingerprint density at radius 3 is 2.47 bits per heavy atom. The van der Waals surface area contributed by atoms with Crippen LogP contribution in [0.5, 0.6) is 5.75 Å². The van der Waals surface area contributed by atoms with Gasteiger partial charge in [-0.1, -0.05) is 41.4 Å². The first-order chi connectivity index (χ1) is 14.3. The van der Waals surface area contributed by atoms with Crippen LogP contribution in [0.3, 0.4) is 0 Å². The number of carbonyl (C=O) groups excluding carboxylic acids is 2. The van der Waals surface area contributed by atoms with Crippen molar-refractivity contribution in [2.75, 3.05) is 11.9 Å². The Morgan fingerprint density at radius 2 is 1.80 bits per heavy atom. The van der Waals surface area contributed by atoms with Crippen LogP contribution in [0.1, 0.15) is 5.69 Å². The molecule has 3 aromatic rings. The molecule has 0 bridgehead atoms. The monoisotopic (exact) mass is 448 g/mol. The highest BCUT2D eigenvalue weighted by atomic mass is 35.5. The first-order valence-corrected chi connectivity index (χ1v) is 9.56. The number of nitrogens with one attached hydrogen (secondary N) is 2. The van der Waals surface area contributed by atoms with E-state index in [1.54, 1.807) is 49.0 Å². The third-order valence-corrected chi connectivity index (χ3v) is 4.83. The summed E-state index contributed by atoms with van der Waals surface area (Å²) in [6, 6.07) is 12.7. The maximum absolute atomic E-state index is 12.8. The maximum atomic E-state index is 12.8. The molecule has 3 rings (SSSR count). The van der Waals surface area contributed by atoms with Crippen molar-refractivity contribution in [2.24, 2.45) is 7.05 Å². The zero-order chi connectivity index (χ0) is 21.8. The van der Waals surface area contributed by atoms with Crippen LogP contribution in [0.2, 0.25) is 10.0 Å². The summed E-state index contributed by atoms with van der Waals surface area (Å²) >= 11 is 11.8. The fraction of sp³-hybridized carbons (Fsp3) is 0.150. The number of halogens is 2. The van der Waals surface area contributed by atoms with Gasteiger partial charge in [-0.2, -0.15) is 0 Å². The van der Waals surface area contributed by atoms with E-state index >= 15 is 0 Å². The first kappa shape index (κ1) is 21.5. The molecule has 1 heterocycles. The van der Waals surface area contributed by atoms with Gasteiger partial charge in [0.05, 0.1) is 16.4 Å². The van der Waals surface area contributed by atoms with Crippen LogP contribution in [0.15, 0.2) is 53.3 Å². The Kier molecular flexibility index (Phi) is 6.49. The molecule has 0 unspecified atom stereocenters. The zero-order valence-corrected chi connectivity index (χ0v) is 17.6. The number of ether oxygens (including phenoxy) is 1. The van der Waals surface area contributed by atoms with Crippen LogP contribution >= 0.6 is 23.2 Å². The summed E-state index contributed by atoms with van der Waals surface area (Å²) in [5.74, 6) is -0.461. The van der Waals surface area contributed by atoms with Gasteiger partial charge in [-0.15, -0.1) is 0 Å². The number of hydrogen-bond acceptors (Lipinski definition) is 4. The zero-order valence-electron chi connectivity index (χ0n) is 16.1. The Bertz CT molecular complexity index is 1160. The SMILES string of the molecule is Cc1c(NC(=O)NC(=O)COc2ccc(Cl)cc2Cl)c(=O)n(-c2ccccc2)n1C. The second-order valence-corrected chi connectivity index (χ2v) is 7.15. The van der Waals surface area contributed by atoms with Crippen molar-refractivity contribution >= 4 is 40.8 Å². The quantitative estimate of drug-likeness (QED) is 0.624. The number of amides is 3. The van der Waals surface area contributed by atoms with Crippen molar-refractivity contribution in [1.82, 2.24) is 14.7 Å². The van der Waals surface area contributed by atoms with Crippen LogP contribution in [0.4, 0.5) is 10.5 Å². The van der Waals surface area contributed by atoms with E-state index in [0.717, 1.165) is 0 Å². The van der Waals surface area contributed by atoms with E-state index in [4.69, 9.17) is 27.9 Å². The largest absolute Gasteiger partial charge is 0.482 e. The van der Waals surface area contributed by atoms with Crippen molar-refractivity contribution in [3.8, 4) is 11.4 Å². The number of para-hydroxylation sites is 1. The third-order valence-electron chi connectivity index (χ3n) is 4.30. The molecule has 156 valence electrons. The highest BCUT2D eigenvalue weighted by molar-refractivity contribution is 6.35. The lowest BCUT2D eigenvalue weighted by Crippen LogP contribution is -2.38. The van der Waals surface area contributed by atoms with Gasteiger partial charge in [-0.3, -0.25) is 19.6 Å². The summed E-state index contributed by atoms with van der Waals surface area (Å²) in [5, 5.41) is 5.21. The predicted molar refractivity (Wildman–Crippen MR) is 115 cm³/mol. The summed E-state index contributed by atoms with van der Waals surface area (Å²) in [5.41, 5.74) is 0.808. The van der Waals surface area contributed by atoms with Gasteiger partial charge >= 0.3 is 6.03 Å². The van der Waals surface area contributed by atoms with Crippen LogP contribution in [0, 0.1) is 6.92 Å². The number of nitrogens with zero attached hydrogens (tertiary/aromatic N) is 2. The van der Waals surface area contributed by atoms with Crippen LogP contribution in [-0.2, 0) is 11.8 Å². The van der Waals surface area contributed by atoms with Crippen molar-refractivity contribution < 1.29 is 14.3 Å². The molecule has 0 fully saturated rings. The molecule has 0 aliphatic heterocycles. The summed E-state index contributed by atoms with van der Waals surface area (Å²) < 4.78 is 8.31. The Morgan fingerprint density at radius 1 is 1.10 bits per heavy atom. The lowest BCUT2D eigenvalue weighted by Gasteiger charge is -2.09. The second-order valence-electron chi connectivity index (χ2n) is 6.30. The molecule has 0 aliphatic carbocycles. The molecule has 3 amide bonds. The van der Waals surface area contributed by atoms with E-state index in [-0.39, 0.29) is 16.5 Å². The molecular weight excluding hydrogens is 431 g/mol. The standard InChI is InChI=1S/C20H18Cl2N4O4/c1-12-18(19(28)26(25(12)2)14-6-4-3-5-7-14)24-20(29)23-17(27)11-30-16-9-8-13(21)10-15(16)22/h3-10H,11H2,1-2H3,(H2,23,24,27,29). The predicted octanol–water partition coefficient (Wildman–Crippen LogP) is 3.52. The Labute approximate surface area is 181 Å². The van der Waals surface area contributed by atoms with Gasteiger partial charge in [-0.05, 0) is 37.3 Å². The van der Waals surface area contributed by atoms with Gasteiger partial charge in [0.2, 0.25) is 0 Å². The summed E-state index contributed by atoms with van der Waals surface area (Å²) in [6.45, 7) is 1.24. The minimum atomic E-state index is -0.850. The highest BCUT2D eigenvalue weighted by Gasteiger charge is 2.19. The lowest BCUT2D eigenvalue weighted by atomic mass is 10.3. The molecule has 0 spiro atoms. The molecule has 2 N–H and O–H groups in total. The molecule has 0 aliphatic rings. The van der Waals surface area contributed by atoms with Crippen molar-refractivity contribution in [3.05, 3.63) is 74.6 Å². The van der Waals surface area contributed by atoms with Crippen molar-refractivity contribution in [3.63, 3.8) is 0 Å². The highest BCUT2D eigenvalue weighted by Crippen LogP contribution is 2.27. The minimum Gasteiger partial charge on any atom is -0.482 e. The number of anilines is 1. The number of rotatable bonds is 5. The van der Waals surface area contributed by atoms with Gasteiger partial charge in [0.15, 0.2) is 6.61 Å². The molecule has 2 aromatic carbocycles. The molecule has 0 radical (unpaired) electrons. The molecule has 10 heteroatoms. The van der Waals surface area contributed by atoms with Gasteiger partial charge < -0.3 is 10.1 Å². The van der Waals surface area contributed by atoms with Crippen LogP contribution in [0.25, 0.3) is 5.69 Å². The van der Waals surface area contributed by atoms with Crippen LogP contribution < -0.4 is 20.9 Å². The van der Waals surface area contributed by atoms with E-state index in [9.17, 15) is 14.4 Å². The van der Waals surface area contributed by atoms with Gasteiger partial charge in [0.25, 0.3) is 11.5 Å². The number of carbonyl (C=O) groups is 2. The van der Waals surface area contributed by atoms with Gasteiger partial charge in [0, 0.05) is 12.1 Å². The average Bonchev–Trinajstić information content (AvgIpc) is 2.91. The topological polar surface area (TPSA) is 94.4 Å². The summed E-state index contributed by atoms with van der Waals surface area (Å²) in [4.78, 5) is 37.0. The number of aromatic nitrogens is 2. The first-order valence-electron chi connectivity index (χ1n) is 8.80. The van der Waals surface area contributed by atoms with Crippen molar-refractivity contribution in [1.29, 1.82) is 0 Å². The number of urea groups is 1. The summed E-state index contributed by atoms with van der Waals surface area (Å²) in [6.07, 6.45) is 0. The molecule has 30 heavy (non-hydrogen) atoms. The average molecular weight is 449 g/mol. The molecule has 0 saturated carbocycles. The minimum absolute atomic E-state index is 0.0633. The fourth-order valence-electron chi connectivity index (χ4n) is 2.76. The van der Waals surface area contributed by atoms with E-state index in [2.05, 4.69) is 10.6 Å². The fourth-order valence-corrected chi connectivity index (χ4v) is 3.22. The van der Waals surface area contributed by atoms with E-state index in [0.29, 0.717) is 16.4 Å². The van der Waals surface area contributed by atoms with Crippen LogP contribution in [-0.4, -0.2) is 27.9 Å². The van der Waals surface area contributed by atoms with E-state index in [1.807, 2.05) is 6.07 Å². The number of benzene rings is 2. The van der Waals surface area contributed by atoms with Crippen molar-refractivity contribution in [2.45, 2.75) is 6.92 Å². The molecule has 8 nitrogen and oxygen atoms in total. The maximum Gasteiger partial charge on any atom is 0.326 e.